The predicted octanol–water partition coefficient (Wildman–Crippen LogP) is 3.55. The van der Waals surface area contributed by atoms with Crippen LogP contribution in [0.3, 0.4) is 0 Å². The molecule has 1 unspecified atom stereocenters. The molecule has 0 aliphatic rings. The molecule has 1 N–H and O–H groups in total. The Morgan fingerprint density at radius 3 is 2.52 bits per heavy atom. The van der Waals surface area contributed by atoms with E-state index in [-0.39, 0.29) is 24.8 Å². The zero-order chi connectivity index (χ0) is 20.6. The fourth-order valence-electron chi connectivity index (χ4n) is 2.53. The van der Waals surface area contributed by atoms with E-state index in [0.29, 0.717) is 5.88 Å². The number of para-hydroxylation sites is 1. The monoisotopic (exact) mass is 395 g/mol. The molecule has 3 rings (SSSR count). The molecule has 1 heterocycles. The summed E-state index contributed by atoms with van der Waals surface area (Å²) in [7, 11) is 0. The van der Waals surface area contributed by atoms with Crippen molar-refractivity contribution in [1.82, 2.24) is 15.5 Å². The number of ether oxygens (including phenoxy) is 2. The Hall–Kier alpha value is -3.48. The van der Waals surface area contributed by atoms with Gasteiger partial charge in [0.15, 0.2) is 17.7 Å². The number of aryl methyl sites for hydroxylation is 1. The van der Waals surface area contributed by atoms with Crippen LogP contribution in [0.15, 0.2) is 60.7 Å². The van der Waals surface area contributed by atoms with Gasteiger partial charge in [-0.15, -0.1) is 10.2 Å². The third-order valence-electron chi connectivity index (χ3n) is 4.15. The first-order valence-corrected chi connectivity index (χ1v) is 9.25. The van der Waals surface area contributed by atoms with Gasteiger partial charge in [-0.25, -0.2) is 4.39 Å². The molecule has 1 atom stereocenters. The number of rotatable bonds is 8. The van der Waals surface area contributed by atoms with Crippen molar-refractivity contribution in [2.24, 2.45) is 0 Å². The SMILES string of the molecule is Cc1ccc(-c2ccc(OCCNC(=O)C(C)Oc3ccccc3F)nn2)cc1. The number of halogens is 1. The minimum absolute atomic E-state index is 0.0374. The molecule has 0 saturated heterocycles. The molecule has 29 heavy (non-hydrogen) atoms. The van der Waals surface area contributed by atoms with Crippen molar-refractivity contribution >= 4 is 5.91 Å². The van der Waals surface area contributed by atoms with E-state index in [1.54, 1.807) is 25.1 Å². The van der Waals surface area contributed by atoms with E-state index in [4.69, 9.17) is 9.47 Å². The van der Waals surface area contributed by atoms with E-state index in [1.165, 1.54) is 17.7 Å². The van der Waals surface area contributed by atoms with Gasteiger partial charge >= 0.3 is 0 Å². The fraction of sp³-hybridized carbons (Fsp3) is 0.227. The average Bonchev–Trinajstić information content (AvgIpc) is 2.74. The van der Waals surface area contributed by atoms with E-state index >= 15 is 0 Å². The first-order valence-electron chi connectivity index (χ1n) is 9.25. The number of hydrogen-bond donors (Lipinski definition) is 1. The van der Waals surface area contributed by atoms with Crippen LogP contribution in [0.25, 0.3) is 11.3 Å². The Kier molecular flexibility index (Phi) is 6.73. The molecular weight excluding hydrogens is 373 g/mol. The number of nitrogens with zero attached hydrogens (tertiary/aromatic N) is 2. The third-order valence-corrected chi connectivity index (χ3v) is 4.15. The van der Waals surface area contributed by atoms with Crippen LogP contribution in [-0.4, -0.2) is 35.4 Å². The molecule has 2 aromatic carbocycles. The van der Waals surface area contributed by atoms with Gasteiger partial charge in [0, 0.05) is 11.6 Å². The summed E-state index contributed by atoms with van der Waals surface area (Å²) >= 11 is 0. The number of benzene rings is 2. The maximum atomic E-state index is 13.6. The second kappa shape index (κ2) is 9.64. The predicted molar refractivity (Wildman–Crippen MR) is 107 cm³/mol. The summed E-state index contributed by atoms with van der Waals surface area (Å²) in [4.78, 5) is 12.1. The highest BCUT2D eigenvalue weighted by Crippen LogP contribution is 2.18. The lowest BCUT2D eigenvalue weighted by Crippen LogP contribution is -2.38. The lowest BCUT2D eigenvalue weighted by Gasteiger charge is -2.15. The maximum absolute atomic E-state index is 13.6. The normalized spacial score (nSPS) is 11.6. The average molecular weight is 395 g/mol. The van der Waals surface area contributed by atoms with Gasteiger partial charge in [-0.05, 0) is 32.0 Å². The molecule has 1 aromatic heterocycles. The maximum Gasteiger partial charge on any atom is 0.260 e. The van der Waals surface area contributed by atoms with E-state index in [0.717, 1.165) is 11.3 Å². The molecule has 0 spiro atoms. The van der Waals surface area contributed by atoms with Gasteiger partial charge in [0.1, 0.15) is 6.61 Å². The molecule has 0 saturated carbocycles. The van der Waals surface area contributed by atoms with Gasteiger partial charge in [0.05, 0.1) is 12.2 Å². The Bertz CT molecular complexity index is 946. The van der Waals surface area contributed by atoms with Crippen LogP contribution in [0.1, 0.15) is 12.5 Å². The number of nitrogens with one attached hydrogen (secondary N) is 1. The highest BCUT2D eigenvalue weighted by molar-refractivity contribution is 5.80. The molecule has 0 aliphatic heterocycles. The third kappa shape index (κ3) is 5.75. The van der Waals surface area contributed by atoms with Gasteiger partial charge in [-0.2, -0.15) is 0 Å². The van der Waals surface area contributed by atoms with Crippen LogP contribution in [0.2, 0.25) is 0 Å². The van der Waals surface area contributed by atoms with Crippen molar-refractivity contribution < 1.29 is 18.7 Å². The summed E-state index contributed by atoms with van der Waals surface area (Å²) in [5.74, 6) is -0.470. The van der Waals surface area contributed by atoms with E-state index in [9.17, 15) is 9.18 Å². The molecule has 0 radical (unpaired) electrons. The molecule has 6 nitrogen and oxygen atoms in total. The standard InChI is InChI=1S/C22H22FN3O3/c1-15-7-9-17(10-8-15)19-11-12-21(26-25-19)28-14-13-24-22(27)16(2)29-20-6-4-3-5-18(20)23/h3-12,16H,13-14H2,1-2H3,(H,24,27). The zero-order valence-corrected chi connectivity index (χ0v) is 16.3. The number of carbonyl (C=O) groups is 1. The topological polar surface area (TPSA) is 73.3 Å². The number of carbonyl (C=O) groups excluding carboxylic acids is 1. The van der Waals surface area contributed by atoms with Crippen molar-refractivity contribution in [2.75, 3.05) is 13.2 Å². The summed E-state index contributed by atoms with van der Waals surface area (Å²) in [6.45, 7) is 4.05. The van der Waals surface area contributed by atoms with Gasteiger partial charge in [0.2, 0.25) is 5.88 Å². The molecular formula is C22H22FN3O3. The molecule has 3 aromatic rings. The van der Waals surface area contributed by atoms with Crippen molar-refractivity contribution in [3.05, 3.63) is 72.0 Å². The number of amides is 1. The molecule has 0 bridgehead atoms. The van der Waals surface area contributed by atoms with Crippen LogP contribution in [0.4, 0.5) is 4.39 Å². The van der Waals surface area contributed by atoms with E-state index < -0.39 is 11.9 Å². The number of hydrogen-bond acceptors (Lipinski definition) is 5. The minimum atomic E-state index is -0.833. The molecule has 150 valence electrons. The first kappa shape index (κ1) is 20.3. The van der Waals surface area contributed by atoms with E-state index in [2.05, 4.69) is 15.5 Å². The first-order chi connectivity index (χ1) is 14.0. The Labute approximate surface area is 168 Å². The summed E-state index contributed by atoms with van der Waals surface area (Å²) < 4.78 is 24.4. The molecule has 0 fully saturated rings. The van der Waals surface area contributed by atoms with Crippen LogP contribution in [-0.2, 0) is 4.79 Å². The highest BCUT2D eigenvalue weighted by Gasteiger charge is 2.15. The van der Waals surface area contributed by atoms with Crippen molar-refractivity contribution in [3.8, 4) is 22.9 Å². The Balaban J connectivity index is 1.42. The molecule has 7 heteroatoms. The van der Waals surface area contributed by atoms with Gasteiger partial charge in [0.25, 0.3) is 5.91 Å². The second-order valence-electron chi connectivity index (χ2n) is 6.45. The van der Waals surface area contributed by atoms with Crippen LogP contribution >= 0.6 is 0 Å². The van der Waals surface area contributed by atoms with Crippen molar-refractivity contribution in [3.63, 3.8) is 0 Å². The smallest absolute Gasteiger partial charge is 0.260 e. The van der Waals surface area contributed by atoms with Gasteiger partial charge in [-0.3, -0.25) is 4.79 Å². The summed E-state index contributed by atoms with van der Waals surface area (Å²) in [6, 6.07) is 17.5. The van der Waals surface area contributed by atoms with Crippen LogP contribution in [0, 0.1) is 12.7 Å². The Morgan fingerprint density at radius 1 is 1.07 bits per heavy atom. The van der Waals surface area contributed by atoms with Gasteiger partial charge in [-0.1, -0.05) is 42.0 Å². The lowest BCUT2D eigenvalue weighted by molar-refractivity contribution is -0.127. The largest absolute Gasteiger partial charge is 0.478 e. The quantitative estimate of drug-likeness (QED) is 0.591. The minimum Gasteiger partial charge on any atom is -0.478 e. The summed E-state index contributed by atoms with van der Waals surface area (Å²) in [5.41, 5.74) is 2.91. The molecule has 0 aliphatic carbocycles. The highest BCUT2D eigenvalue weighted by atomic mass is 19.1. The summed E-state index contributed by atoms with van der Waals surface area (Å²) in [6.07, 6.45) is -0.833. The van der Waals surface area contributed by atoms with Crippen LogP contribution in [0.5, 0.6) is 11.6 Å². The number of aromatic nitrogens is 2. The van der Waals surface area contributed by atoms with Gasteiger partial charge < -0.3 is 14.8 Å². The second-order valence-corrected chi connectivity index (χ2v) is 6.45. The summed E-state index contributed by atoms with van der Waals surface area (Å²) in [5, 5.41) is 10.9. The molecule has 1 amide bonds. The lowest BCUT2D eigenvalue weighted by atomic mass is 10.1. The van der Waals surface area contributed by atoms with Crippen LogP contribution < -0.4 is 14.8 Å². The fourth-order valence-corrected chi connectivity index (χ4v) is 2.53. The van der Waals surface area contributed by atoms with E-state index in [1.807, 2.05) is 37.3 Å². The van der Waals surface area contributed by atoms with Crippen molar-refractivity contribution in [2.45, 2.75) is 20.0 Å². The zero-order valence-electron chi connectivity index (χ0n) is 16.3. The Morgan fingerprint density at radius 2 is 1.83 bits per heavy atom. The van der Waals surface area contributed by atoms with Crippen molar-refractivity contribution in [1.29, 1.82) is 0 Å².